The van der Waals surface area contributed by atoms with E-state index >= 15 is 0 Å². The lowest BCUT2D eigenvalue weighted by Crippen LogP contribution is -2.21. The van der Waals surface area contributed by atoms with E-state index in [1.54, 1.807) is 31.2 Å². The van der Waals surface area contributed by atoms with Crippen molar-refractivity contribution in [2.75, 3.05) is 5.32 Å². The lowest BCUT2D eigenvalue weighted by molar-refractivity contribution is -0.134. The third-order valence-electron chi connectivity index (χ3n) is 2.68. The van der Waals surface area contributed by atoms with Crippen LogP contribution in [-0.2, 0) is 9.59 Å². The van der Waals surface area contributed by atoms with Gasteiger partial charge in [0.2, 0.25) is 5.78 Å². The fourth-order valence-corrected chi connectivity index (χ4v) is 1.63. The molecule has 0 aromatic heterocycles. The average Bonchev–Trinajstić information content (AvgIpc) is 2.49. The predicted octanol–water partition coefficient (Wildman–Crippen LogP) is 3.40. The van der Waals surface area contributed by atoms with Gasteiger partial charge in [-0.2, -0.15) is 0 Å². The van der Waals surface area contributed by atoms with Gasteiger partial charge in [0.1, 0.15) is 5.75 Å². The van der Waals surface area contributed by atoms with Crippen molar-refractivity contribution in [2.45, 2.75) is 13.3 Å². The van der Waals surface area contributed by atoms with Crippen molar-refractivity contribution in [2.24, 2.45) is 0 Å². The van der Waals surface area contributed by atoms with Crippen LogP contribution in [0.2, 0.25) is 0 Å². The maximum absolute atomic E-state index is 11.6. The number of amides is 1. The Morgan fingerprint density at radius 1 is 1.00 bits per heavy atom. The average molecular weight is 269 g/mol. The molecular formula is C16H15NO3. The second-order valence-corrected chi connectivity index (χ2v) is 4.14. The number of anilines is 1. The molecule has 0 atom stereocenters. The van der Waals surface area contributed by atoms with Crippen LogP contribution in [0.1, 0.15) is 13.3 Å². The van der Waals surface area contributed by atoms with E-state index in [0.717, 1.165) is 0 Å². The quantitative estimate of drug-likeness (QED) is 0.846. The Balaban J connectivity index is 2.18. The first-order valence-electron chi connectivity index (χ1n) is 6.37. The fourth-order valence-electron chi connectivity index (χ4n) is 1.63. The smallest absolute Gasteiger partial charge is 0.291 e. The molecule has 2 aromatic carbocycles. The Bertz CT molecular complexity index is 608. The Morgan fingerprint density at radius 2 is 1.65 bits per heavy atom. The minimum atomic E-state index is -0.628. The van der Waals surface area contributed by atoms with Crippen LogP contribution in [0.4, 0.5) is 5.69 Å². The molecule has 4 heteroatoms. The molecule has 0 fully saturated rings. The van der Waals surface area contributed by atoms with Crippen molar-refractivity contribution >= 4 is 17.4 Å². The van der Waals surface area contributed by atoms with Gasteiger partial charge in [-0.25, -0.2) is 0 Å². The van der Waals surface area contributed by atoms with Crippen LogP contribution in [0.25, 0.3) is 0 Å². The molecule has 0 spiro atoms. The molecular weight excluding hydrogens is 254 g/mol. The first-order chi connectivity index (χ1) is 9.70. The van der Waals surface area contributed by atoms with Crippen LogP contribution in [0, 0.1) is 0 Å². The van der Waals surface area contributed by atoms with Crippen molar-refractivity contribution in [3.05, 3.63) is 54.6 Å². The van der Waals surface area contributed by atoms with E-state index in [0.29, 0.717) is 17.2 Å². The summed E-state index contributed by atoms with van der Waals surface area (Å²) in [5, 5.41) is 2.57. The number of carbonyl (C=O) groups is 2. The molecule has 2 aromatic rings. The van der Waals surface area contributed by atoms with Gasteiger partial charge in [0, 0.05) is 6.42 Å². The zero-order valence-electron chi connectivity index (χ0n) is 11.1. The molecule has 2 rings (SSSR count). The number of ketones is 1. The van der Waals surface area contributed by atoms with Gasteiger partial charge < -0.3 is 10.1 Å². The van der Waals surface area contributed by atoms with Crippen LogP contribution in [-0.4, -0.2) is 11.7 Å². The van der Waals surface area contributed by atoms with E-state index in [-0.39, 0.29) is 6.42 Å². The third-order valence-corrected chi connectivity index (χ3v) is 2.68. The van der Waals surface area contributed by atoms with E-state index in [1.165, 1.54) is 0 Å². The summed E-state index contributed by atoms with van der Waals surface area (Å²) in [6.45, 7) is 1.65. The van der Waals surface area contributed by atoms with E-state index in [9.17, 15) is 9.59 Å². The molecule has 0 saturated heterocycles. The summed E-state index contributed by atoms with van der Waals surface area (Å²) in [7, 11) is 0. The van der Waals surface area contributed by atoms with E-state index < -0.39 is 11.7 Å². The van der Waals surface area contributed by atoms with Gasteiger partial charge in [0.15, 0.2) is 5.75 Å². The second kappa shape index (κ2) is 6.52. The molecule has 0 heterocycles. The molecule has 1 N–H and O–H groups in total. The highest BCUT2D eigenvalue weighted by atomic mass is 16.5. The molecule has 0 unspecified atom stereocenters. The lowest BCUT2D eigenvalue weighted by Gasteiger charge is -2.11. The number of benzene rings is 2. The van der Waals surface area contributed by atoms with E-state index in [2.05, 4.69) is 5.32 Å². The predicted molar refractivity (Wildman–Crippen MR) is 76.9 cm³/mol. The standard InChI is InChI=1S/C16H15NO3/c1-2-14(18)16(19)17-13-10-6-7-11-15(13)20-12-8-4-3-5-9-12/h3-11H,2H2,1H3,(H,17,19). The Labute approximate surface area is 117 Å². The molecule has 0 saturated carbocycles. The van der Waals surface area contributed by atoms with Gasteiger partial charge in [-0.3, -0.25) is 9.59 Å². The zero-order valence-corrected chi connectivity index (χ0v) is 11.1. The van der Waals surface area contributed by atoms with Crippen LogP contribution < -0.4 is 10.1 Å². The van der Waals surface area contributed by atoms with Crippen molar-refractivity contribution in [1.82, 2.24) is 0 Å². The fraction of sp³-hybridized carbons (Fsp3) is 0.125. The molecule has 20 heavy (non-hydrogen) atoms. The van der Waals surface area contributed by atoms with Crippen molar-refractivity contribution < 1.29 is 14.3 Å². The van der Waals surface area contributed by atoms with E-state index in [1.807, 2.05) is 30.3 Å². The van der Waals surface area contributed by atoms with Gasteiger partial charge in [-0.05, 0) is 24.3 Å². The van der Waals surface area contributed by atoms with Crippen LogP contribution >= 0.6 is 0 Å². The zero-order chi connectivity index (χ0) is 14.4. The van der Waals surface area contributed by atoms with Gasteiger partial charge in [-0.15, -0.1) is 0 Å². The molecule has 0 bridgehead atoms. The summed E-state index contributed by atoms with van der Waals surface area (Å²) in [6, 6.07) is 16.2. The largest absolute Gasteiger partial charge is 0.455 e. The van der Waals surface area contributed by atoms with Crippen LogP contribution in [0.3, 0.4) is 0 Å². The molecule has 4 nitrogen and oxygen atoms in total. The Kier molecular flexibility index (Phi) is 4.50. The van der Waals surface area contributed by atoms with Crippen LogP contribution in [0.5, 0.6) is 11.5 Å². The maximum atomic E-state index is 11.6. The minimum Gasteiger partial charge on any atom is -0.455 e. The maximum Gasteiger partial charge on any atom is 0.291 e. The SMILES string of the molecule is CCC(=O)C(=O)Nc1ccccc1Oc1ccccc1. The molecule has 0 radical (unpaired) electrons. The monoisotopic (exact) mass is 269 g/mol. The van der Waals surface area contributed by atoms with Crippen molar-refractivity contribution in [3.8, 4) is 11.5 Å². The number of nitrogens with one attached hydrogen (secondary N) is 1. The lowest BCUT2D eigenvalue weighted by atomic mass is 10.2. The van der Waals surface area contributed by atoms with Gasteiger partial charge in [-0.1, -0.05) is 37.3 Å². The normalized spacial score (nSPS) is 9.85. The van der Waals surface area contributed by atoms with Crippen LogP contribution in [0.15, 0.2) is 54.6 Å². The van der Waals surface area contributed by atoms with Gasteiger partial charge in [0.25, 0.3) is 5.91 Å². The van der Waals surface area contributed by atoms with Gasteiger partial charge in [0.05, 0.1) is 5.69 Å². The molecule has 1 amide bonds. The number of rotatable bonds is 5. The topological polar surface area (TPSA) is 55.4 Å². The number of ether oxygens (including phenoxy) is 1. The van der Waals surface area contributed by atoms with Gasteiger partial charge >= 0.3 is 0 Å². The van der Waals surface area contributed by atoms with Crippen molar-refractivity contribution in [3.63, 3.8) is 0 Å². The first kappa shape index (κ1) is 13.8. The number of carbonyl (C=O) groups excluding carboxylic acids is 2. The molecule has 0 aliphatic heterocycles. The molecule has 0 aliphatic rings. The van der Waals surface area contributed by atoms with Crippen molar-refractivity contribution in [1.29, 1.82) is 0 Å². The highest BCUT2D eigenvalue weighted by Gasteiger charge is 2.13. The Hall–Kier alpha value is -2.62. The summed E-state index contributed by atoms with van der Waals surface area (Å²) < 4.78 is 5.70. The highest BCUT2D eigenvalue weighted by Crippen LogP contribution is 2.28. The minimum absolute atomic E-state index is 0.174. The summed E-state index contributed by atoms with van der Waals surface area (Å²) in [5.41, 5.74) is 0.475. The number of hydrogen-bond donors (Lipinski definition) is 1. The summed E-state index contributed by atoms with van der Waals surface area (Å²) in [6.07, 6.45) is 0.174. The number of para-hydroxylation sites is 3. The third kappa shape index (κ3) is 3.45. The first-order valence-corrected chi connectivity index (χ1v) is 6.37. The summed E-state index contributed by atoms with van der Waals surface area (Å²) >= 11 is 0. The summed E-state index contributed by atoms with van der Waals surface area (Å²) in [4.78, 5) is 23.0. The second-order valence-electron chi connectivity index (χ2n) is 4.14. The van der Waals surface area contributed by atoms with E-state index in [4.69, 9.17) is 4.74 Å². The Morgan fingerprint density at radius 3 is 2.35 bits per heavy atom. The number of Topliss-reactive ketones (excluding diaryl/α,β-unsaturated/α-hetero) is 1. The summed E-state index contributed by atoms with van der Waals surface area (Å²) in [5.74, 6) is 0.0723. The highest BCUT2D eigenvalue weighted by molar-refractivity contribution is 6.40. The molecule has 0 aliphatic carbocycles. The molecule has 102 valence electrons. The number of hydrogen-bond acceptors (Lipinski definition) is 3.